The molecule has 0 aliphatic carbocycles. The summed E-state index contributed by atoms with van der Waals surface area (Å²) in [5.41, 5.74) is 0. The molecule has 26 heteroatoms. The van der Waals surface area contributed by atoms with Crippen LogP contribution >= 0.6 is 0 Å². The lowest BCUT2D eigenvalue weighted by atomic mass is 10.0. The van der Waals surface area contributed by atoms with Gasteiger partial charge in [-0.15, -0.1) is 0 Å². The van der Waals surface area contributed by atoms with Crippen LogP contribution in [0.1, 0.15) is 0 Å². The Hall–Kier alpha value is -0.690. The van der Waals surface area contributed by atoms with Crippen molar-refractivity contribution in [2.24, 2.45) is 0 Å². The Labute approximate surface area is 180 Å². The van der Waals surface area contributed by atoms with Gasteiger partial charge in [0.15, 0.2) is 0 Å². The Morgan fingerprint density at radius 2 is 0.812 bits per heavy atom. The van der Waals surface area contributed by atoms with Gasteiger partial charge in [0.25, 0.3) is 0 Å². The van der Waals surface area contributed by atoms with E-state index in [0.29, 0.717) is 0 Å². The van der Waals surface area contributed by atoms with Crippen LogP contribution in [0.4, 0.5) is 0 Å². The zero-order valence-electron chi connectivity index (χ0n) is 14.6. The van der Waals surface area contributed by atoms with Crippen LogP contribution in [0.5, 0.6) is 0 Å². The van der Waals surface area contributed by atoms with E-state index < -0.39 is 89.6 Å². The predicted molar refractivity (Wildman–Crippen MR) is 90.3 cm³/mol. The van der Waals surface area contributed by atoms with Crippen molar-refractivity contribution < 1.29 is 90.9 Å². The molecule has 0 saturated heterocycles. The van der Waals surface area contributed by atoms with Gasteiger partial charge in [-0.05, 0) is 0 Å². The molecule has 21 nitrogen and oxygen atoms in total. The van der Waals surface area contributed by atoms with E-state index in [1.165, 1.54) is 0 Å². The van der Waals surface area contributed by atoms with E-state index in [9.17, 15) is 47.2 Å². The standard InChI is InChI=1S/C6H14O21S5/c7-1-3(24-29(11,12)13)5(26-31(17,18)19)6(27-32(20,21)22)4(25-30(14,15)16)2-23-28(8,9)10/h3-7H,1-2H2,(H,8,9,10)(H,11,12,13)(H,14,15,16)(H,17,18,19)(H,20,21,22)/t3-,4+,5+,6+/m0/s1. The summed E-state index contributed by atoms with van der Waals surface area (Å²) in [6, 6.07) is 0. The van der Waals surface area contributed by atoms with Crippen LogP contribution in [0.25, 0.3) is 0 Å². The van der Waals surface area contributed by atoms with Gasteiger partial charge in [0.05, 0.1) is 13.2 Å². The second-order valence-electron chi connectivity index (χ2n) is 5.00. The number of rotatable bonds is 15. The van der Waals surface area contributed by atoms with Crippen LogP contribution < -0.4 is 0 Å². The molecule has 0 saturated carbocycles. The van der Waals surface area contributed by atoms with Crippen LogP contribution in [-0.4, -0.2) is 108 Å². The van der Waals surface area contributed by atoms with Crippen LogP contribution in [0.3, 0.4) is 0 Å². The molecule has 0 aromatic rings. The minimum absolute atomic E-state index is 1.77. The third-order valence-corrected chi connectivity index (χ3v) is 4.92. The van der Waals surface area contributed by atoms with Crippen molar-refractivity contribution >= 4 is 52.0 Å². The van der Waals surface area contributed by atoms with Crippen LogP contribution in [0.2, 0.25) is 0 Å². The summed E-state index contributed by atoms with van der Waals surface area (Å²) >= 11 is 0. The maximum Gasteiger partial charge on any atom is 0.397 e. The van der Waals surface area contributed by atoms with Gasteiger partial charge in [-0.1, -0.05) is 0 Å². The second kappa shape index (κ2) is 11.2. The van der Waals surface area contributed by atoms with Crippen LogP contribution in [-0.2, 0) is 72.9 Å². The van der Waals surface area contributed by atoms with Gasteiger partial charge in [-0.2, -0.15) is 42.1 Å². The molecule has 0 aromatic carbocycles. The lowest BCUT2D eigenvalue weighted by molar-refractivity contribution is -0.0891. The third kappa shape index (κ3) is 15.2. The largest absolute Gasteiger partial charge is 0.397 e. The van der Waals surface area contributed by atoms with Crippen LogP contribution in [0.15, 0.2) is 0 Å². The van der Waals surface area contributed by atoms with E-state index in [1.807, 2.05) is 0 Å². The number of hydrogen-bond acceptors (Lipinski definition) is 16. The first-order valence-electron chi connectivity index (χ1n) is 6.78. The molecule has 0 aliphatic rings. The Morgan fingerprint density at radius 3 is 1.09 bits per heavy atom. The fourth-order valence-electron chi connectivity index (χ4n) is 1.77. The highest BCUT2D eigenvalue weighted by Crippen LogP contribution is 2.23. The number of aliphatic hydroxyl groups excluding tert-OH is 1. The zero-order chi connectivity index (χ0) is 25.8. The van der Waals surface area contributed by atoms with Crippen molar-refractivity contribution in [3.63, 3.8) is 0 Å². The van der Waals surface area contributed by atoms with Crippen molar-refractivity contribution in [2.75, 3.05) is 13.2 Å². The van der Waals surface area contributed by atoms with Gasteiger partial charge in [0, 0.05) is 0 Å². The van der Waals surface area contributed by atoms with Crippen molar-refractivity contribution in [3.8, 4) is 0 Å². The summed E-state index contributed by atoms with van der Waals surface area (Å²) in [6.07, 6.45) is -12.2. The average Bonchev–Trinajstić information content (AvgIpc) is 2.48. The van der Waals surface area contributed by atoms with Crippen molar-refractivity contribution in [2.45, 2.75) is 24.4 Å². The smallest absolute Gasteiger partial charge is 0.394 e. The zero-order valence-corrected chi connectivity index (χ0v) is 18.7. The molecule has 0 aromatic heterocycles. The summed E-state index contributed by atoms with van der Waals surface area (Å²) in [7, 11) is -28.7. The van der Waals surface area contributed by atoms with Crippen LogP contribution in [0, 0.1) is 0 Å². The normalized spacial score (nSPS) is 18.1. The molecule has 194 valence electrons. The molecular formula is C6H14O21S5. The van der Waals surface area contributed by atoms with Gasteiger partial charge < -0.3 is 5.11 Å². The molecule has 0 amide bonds. The molecule has 0 spiro atoms. The molecule has 0 radical (unpaired) electrons. The van der Waals surface area contributed by atoms with Gasteiger partial charge in [-0.3, -0.25) is 22.8 Å². The predicted octanol–water partition coefficient (Wildman–Crippen LogP) is -4.45. The number of hydrogen-bond donors (Lipinski definition) is 6. The topological polar surface area (TPSA) is 338 Å². The molecule has 0 heterocycles. The van der Waals surface area contributed by atoms with Gasteiger partial charge in [0.1, 0.15) is 24.4 Å². The van der Waals surface area contributed by atoms with Gasteiger partial charge >= 0.3 is 52.0 Å². The van der Waals surface area contributed by atoms with E-state index in [4.69, 9.17) is 22.8 Å². The minimum Gasteiger partial charge on any atom is -0.394 e. The fraction of sp³-hybridized carbons (Fsp3) is 1.00. The lowest BCUT2D eigenvalue weighted by Gasteiger charge is -2.32. The molecule has 32 heavy (non-hydrogen) atoms. The van der Waals surface area contributed by atoms with Gasteiger partial charge in [-0.25, -0.2) is 20.9 Å². The maximum atomic E-state index is 11.1. The molecule has 0 rings (SSSR count). The molecule has 4 atom stereocenters. The highest BCUT2D eigenvalue weighted by molar-refractivity contribution is 7.82. The van der Waals surface area contributed by atoms with Gasteiger partial charge in [0.2, 0.25) is 0 Å². The third-order valence-electron chi connectivity index (χ3n) is 2.57. The van der Waals surface area contributed by atoms with E-state index >= 15 is 0 Å². The van der Waals surface area contributed by atoms with E-state index in [0.717, 1.165) is 0 Å². The van der Waals surface area contributed by atoms with Crippen molar-refractivity contribution in [1.29, 1.82) is 0 Å². The first kappa shape index (κ1) is 31.3. The summed E-state index contributed by atoms with van der Waals surface area (Å²) in [6.45, 7) is -3.70. The minimum atomic E-state index is -5.89. The number of aliphatic hydroxyl groups is 1. The molecule has 0 aliphatic heterocycles. The Bertz CT molecular complexity index is 1140. The Morgan fingerprint density at radius 1 is 0.500 bits per heavy atom. The first-order valence-corrected chi connectivity index (χ1v) is 13.6. The van der Waals surface area contributed by atoms with E-state index in [1.54, 1.807) is 0 Å². The summed E-state index contributed by atoms with van der Waals surface area (Å²) in [5.74, 6) is 0. The van der Waals surface area contributed by atoms with Crippen molar-refractivity contribution in [1.82, 2.24) is 0 Å². The average molecular weight is 582 g/mol. The molecular weight excluding hydrogens is 568 g/mol. The molecule has 6 N–H and O–H groups in total. The van der Waals surface area contributed by atoms with E-state index in [2.05, 4.69) is 20.9 Å². The Balaban J connectivity index is 6.80. The molecule has 0 fully saturated rings. The summed E-state index contributed by atoms with van der Waals surface area (Å²) in [5, 5.41) is 9.18. The lowest BCUT2D eigenvalue weighted by Crippen LogP contribution is -2.54. The Kier molecular flexibility index (Phi) is 10.9. The summed E-state index contributed by atoms with van der Waals surface area (Å²) in [4.78, 5) is 0. The summed E-state index contributed by atoms with van der Waals surface area (Å²) < 4.78 is 172. The monoisotopic (exact) mass is 582 g/mol. The quantitative estimate of drug-likeness (QED) is 0.0991. The highest BCUT2D eigenvalue weighted by Gasteiger charge is 2.46. The fourth-order valence-corrected chi connectivity index (χ4v) is 4.06. The molecule has 0 bridgehead atoms. The maximum absolute atomic E-state index is 11.1. The first-order chi connectivity index (χ1) is 13.9. The van der Waals surface area contributed by atoms with E-state index in [-0.39, 0.29) is 0 Å². The van der Waals surface area contributed by atoms with Crippen molar-refractivity contribution in [3.05, 3.63) is 0 Å². The highest BCUT2D eigenvalue weighted by atomic mass is 32.3. The SMILES string of the molecule is O=S(=O)(O)OC[C@@H](OS(=O)(=O)O)[C@@H](OS(=O)(=O)O)[C@H](OS(=O)(=O)O)[C@H](CO)OS(=O)(=O)O. The molecule has 0 unspecified atom stereocenters. The second-order valence-corrected chi connectivity index (χ2v) is 10.3.